The molecule has 1 fully saturated rings. The number of nitriles is 1. The number of fused-ring (bicyclic) bond motifs is 3. The van der Waals surface area contributed by atoms with Crippen LogP contribution in [0.5, 0.6) is 11.5 Å². The van der Waals surface area contributed by atoms with Crippen LogP contribution in [0, 0.1) is 11.3 Å². The van der Waals surface area contributed by atoms with Gasteiger partial charge >= 0.3 is 0 Å². The van der Waals surface area contributed by atoms with E-state index in [0.717, 1.165) is 53.3 Å². The van der Waals surface area contributed by atoms with Crippen LogP contribution in [-0.2, 0) is 11.2 Å². The van der Waals surface area contributed by atoms with E-state index in [1.54, 1.807) is 19.4 Å². The van der Waals surface area contributed by atoms with Gasteiger partial charge in [0.05, 0.1) is 31.7 Å². The van der Waals surface area contributed by atoms with Crippen molar-refractivity contribution >= 4 is 0 Å². The normalized spacial score (nSPS) is 17.1. The number of rotatable bonds is 4. The molecular formula is C21H18N4O3. The Morgan fingerprint density at radius 3 is 2.93 bits per heavy atom. The summed E-state index contributed by atoms with van der Waals surface area (Å²) in [7, 11) is 1.65. The number of hydrogen-bond donors (Lipinski definition) is 1. The molecule has 1 aromatic carbocycles. The van der Waals surface area contributed by atoms with E-state index in [-0.39, 0.29) is 6.10 Å². The molecule has 7 heteroatoms. The van der Waals surface area contributed by atoms with E-state index >= 15 is 0 Å². The van der Waals surface area contributed by atoms with Gasteiger partial charge in [-0.05, 0) is 29.8 Å². The number of aromatic amines is 1. The lowest BCUT2D eigenvalue weighted by Gasteiger charge is -2.16. The van der Waals surface area contributed by atoms with Crippen molar-refractivity contribution < 1.29 is 14.2 Å². The smallest absolute Gasteiger partial charge is 0.162 e. The first-order chi connectivity index (χ1) is 13.8. The predicted octanol–water partition coefficient (Wildman–Crippen LogP) is 3.09. The lowest BCUT2D eigenvalue weighted by Crippen LogP contribution is -2.16. The number of nitrogens with zero attached hydrogens (tertiary/aromatic N) is 3. The molecule has 1 unspecified atom stereocenters. The van der Waals surface area contributed by atoms with Crippen LogP contribution < -0.4 is 9.47 Å². The van der Waals surface area contributed by atoms with Crippen LogP contribution in [-0.4, -0.2) is 41.6 Å². The van der Waals surface area contributed by atoms with Crippen LogP contribution >= 0.6 is 0 Å². The zero-order valence-electron chi connectivity index (χ0n) is 15.4. The summed E-state index contributed by atoms with van der Waals surface area (Å²) in [5.74, 6) is 1.45. The van der Waals surface area contributed by atoms with E-state index in [1.807, 2.05) is 18.2 Å². The Morgan fingerprint density at radius 2 is 2.21 bits per heavy atom. The molecular weight excluding hydrogens is 356 g/mol. The summed E-state index contributed by atoms with van der Waals surface area (Å²) in [5, 5.41) is 16.6. The summed E-state index contributed by atoms with van der Waals surface area (Å²) in [6.45, 7) is 1.34. The van der Waals surface area contributed by atoms with E-state index in [2.05, 4.69) is 21.2 Å². The first-order valence-electron chi connectivity index (χ1n) is 9.16. The maximum Gasteiger partial charge on any atom is 0.162 e. The van der Waals surface area contributed by atoms with Gasteiger partial charge in [-0.1, -0.05) is 0 Å². The number of H-pyrrole nitrogens is 1. The number of pyridine rings is 1. The molecule has 1 aliphatic carbocycles. The number of aromatic nitrogens is 3. The van der Waals surface area contributed by atoms with Crippen LogP contribution in [0.2, 0.25) is 0 Å². The molecule has 3 aromatic rings. The molecule has 1 aliphatic heterocycles. The highest BCUT2D eigenvalue weighted by Gasteiger charge is 2.28. The Balaban J connectivity index is 1.50. The SMILES string of the molecule is COc1cc2c(cc1OC1CCOC1)Cc1c(-c3ccc(C#N)nc3)n[nH]c1-2. The Kier molecular flexibility index (Phi) is 3.99. The minimum Gasteiger partial charge on any atom is -0.493 e. The van der Waals surface area contributed by atoms with Gasteiger partial charge < -0.3 is 14.2 Å². The molecule has 2 aliphatic rings. The van der Waals surface area contributed by atoms with E-state index in [9.17, 15) is 0 Å². The van der Waals surface area contributed by atoms with Gasteiger partial charge in [-0.15, -0.1) is 0 Å². The summed E-state index contributed by atoms with van der Waals surface area (Å²) < 4.78 is 17.1. The van der Waals surface area contributed by atoms with Gasteiger partial charge in [0.25, 0.3) is 0 Å². The highest BCUT2D eigenvalue weighted by molar-refractivity contribution is 5.82. The van der Waals surface area contributed by atoms with Gasteiger partial charge in [0.15, 0.2) is 11.5 Å². The lowest BCUT2D eigenvalue weighted by molar-refractivity contribution is 0.138. The second-order valence-electron chi connectivity index (χ2n) is 6.91. The van der Waals surface area contributed by atoms with Gasteiger partial charge in [-0.2, -0.15) is 10.4 Å². The minimum atomic E-state index is 0.0631. The average Bonchev–Trinajstić information content (AvgIpc) is 3.45. The van der Waals surface area contributed by atoms with Crippen molar-refractivity contribution in [2.75, 3.05) is 20.3 Å². The van der Waals surface area contributed by atoms with E-state index in [0.29, 0.717) is 18.1 Å². The molecule has 0 amide bonds. The molecule has 0 bridgehead atoms. The molecule has 0 saturated carbocycles. The predicted molar refractivity (Wildman–Crippen MR) is 101 cm³/mol. The van der Waals surface area contributed by atoms with Crippen molar-refractivity contribution in [2.24, 2.45) is 0 Å². The lowest BCUT2D eigenvalue weighted by atomic mass is 10.1. The number of hydrogen-bond acceptors (Lipinski definition) is 6. The van der Waals surface area contributed by atoms with E-state index in [1.165, 1.54) is 5.56 Å². The Labute approximate surface area is 161 Å². The van der Waals surface area contributed by atoms with E-state index < -0.39 is 0 Å². The van der Waals surface area contributed by atoms with Crippen molar-refractivity contribution in [1.82, 2.24) is 15.2 Å². The van der Waals surface area contributed by atoms with Crippen LogP contribution in [0.3, 0.4) is 0 Å². The Bertz CT molecular complexity index is 1080. The number of ether oxygens (including phenoxy) is 3. The van der Waals surface area contributed by atoms with Crippen molar-refractivity contribution in [2.45, 2.75) is 18.9 Å². The fourth-order valence-corrected chi connectivity index (χ4v) is 3.81. The molecule has 7 nitrogen and oxygen atoms in total. The number of benzene rings is 1. The van der Waals surface area contributed by atoms with Crippen molar-refractivity contribution in [3.63, 3.8) is 0 Å². The van der Waals surface area contributed by atoms with Crippen molar-refractivity contribution in [3.8, 4) is 40.1 Å². The molecule has 0 spiro atoms. The standard InChI is InChI=1S/C21H18N4O3/c1-26-18-8-16-13(7-19(18)28-15-4-5-27-11-15)6-17-20(24-25-21(16)17)12-2-3-14(9-22)23-10-12/h2-3,7-8,10,15H,4-6,11H2,1H3,(H,24,25). The third-order valence-electron chi connectivity index (χ3n) is 5.23. The fraction of sp³-hybridized carbons (Fsp3) is 0.286. The quantitative estimate of drug-likeness (QED) is 0.590. The highest BCUT2D eigenvalue weighted by Crippen LogP contribution is 2.45. The van der Waals surface area contributed by atoms with Crippen LogP contribution in [0.25, 0.3) is 22.5 Å². The maximum atomic E-state index is 8.94. The monoisotopic (exact) mass is 374 g/mol. The third-order valence-corrected chi connectivity index (χ3v) is 5.23. The van der Waals surface area contributed by atoms with Gasteiger partial charge in [0.2, 0.25) is 0 Å². The molecule has 2 aromatic heterocycles. The summed E-state index contributed by atoms with van der Waals surface area (Å²) in [6.07, 6.45) is 3.39. The van der Waals surface area contributed by atoms with Crippen LogP contribution in [0.15, 0.2) is 30.5 Å². The Hall–Kier alpha value is -3.37. The third kappa shape index (κ3) is 2.70. The maximum absolute atomic E-state index is 8.94. The van der Waals surface area contributed by atoms with Gasteiger partial charge in [-0.25, -0.2) is 4.98 Å². The second-order valence-corrected chi connectivity index (χ2v) is 6.91. The largest absolute Gasteiger partial charge is 0.493 e. The topological polar surface area (TPSA) is 93.1 Å². The summed E-state index contributed by atoms with van der Waals surface area (Å²) in [6, 6.07) is 9.68. The zero-order valence-corrected chi connectivity index (χ0v) is 15.4. The molecule has 3 heterocycles. The van der Waals surface area contributed by atoms with Gasteiger partial charge in [-0.3, -0.25) is 5.10 Å². The minimum absolute atomic E-state index is 0.0631. The molecule has 1 saturated heterocycles. The highest BCUT2D eigenvalue weighted by atomic mass is 16.6. The molecule has 0 radical (unpaired) electrons. The molecule has 140 valence electrons. The van der Waals surface area contributed by atoms with Crippen molar-refractivity contribution in [1.29, 1.82) is 5.26 Å². The molecule has 1 N–H and O–H groups in total. The van der Waals surface area contributed by atoms with Crippen LogP contribution in [0.1, 0.15) is 23.2 Å². The van der Waals surface area contributed by atoms with Crippen molar-refractivity contribution in [3.05, 3.63) is 47.3 Å². The molecule has 28 heavy (non-hydrogen) atoms. The Morgan fingerprint density at radius 1 is 1.29 bits per heavy atom. The average molecular weight is 374 g/mol. The van der Waals surface area contributed by atoms with Crippen LogP contribution in [0.4, 0.5) is 0 Å². The van der Waals surface area contributed by atoms with E-state index in [4.69, 9.17) is 19.5 Å². The summed E-state index contributed by atoms with van der Waals surface area (Å²) >= 11 is 0. The van der Waals surface area contributed by atoms with Gasteiger partial charge in [0, 0.05) is 35.7 Å². The second kappa shape index (κ2) is 6.66. The number of nitrogens with one attached hydrogen (secondary N) is 1. The summed E-state index contributed by atoms with van der Waals surface area (Å²) in [4.78, 5) is 4.16. The molecule has 5 rings (SSSR count). The zero-order chi connectivity index (χ0) is 19.1. The first kappa shape index (κ1) is 16.8. The van der Waals surface area contributed by atoms with Gasteiger partial charge in [0.1, 0.15) is 17.9 Å². The first-order valence-corrected chi connectivity index (χ1v) is 9.16. The summed E-state index contributed by atoms with van der Waals surface area (Å²) in [5.41, 5.74) is 6.48. The number of methoxy groups -OCH3 is 1. The fourth-order valence-electron chi connectivity index (χ4n) is 3.81. The molecule has 1 atom stereocenters.